The van der Waals surface area contributed by atoms with Gasteiger partial charge in [0.25, 0.3) is 5.91 Å². The van der Waals surface area contributed by atoms with Crippen molar-refractivity contribution in [1.29, 1.82) is 0 Å². The van der Waals surface area contributed by atoms with Crippen LogP contribution in [0.15, 0.2) is 29.2 Å². The molecule has 1 aromatic rings. The zero-order valence-electron chi connectivity index (χ0n) is 12.6. The van der Waals surface area contributed by atoms with Crippen molar-refractivity contribution in [3.63, 3.8) is 0 Å². The maximum atomic E-state index is 12.4. The fraction of sp³-hybridized carbons (Fsp3) is 0.312. The van der Waals surface area contributed by atoms with E-state index >= 15 is 0 Å². The van der Waals surface area contributed by atoms with Crippen molar-refractivity contribution in [3.05, 3.63) is 34.7 Å². The largest absolute Gasteiger partial charge is 0.550 e. The predicted octanol–water partition coefficient (Wildman–Crippen LogP) is 1.82. The van der Waals surface area contributed by atoms with Gasteiger partial charge in [-0.05, 0) is 31.9 Å². The first-order chi connectivity index (χ1) is 11.0. The molecule has 1 amide bonds. The van der Waals surface area contributed by atoms with E-state index in [4.69, 9.17) is 17.0 Å². The van der Waals surface area contributed by atoms with Crippen LogP contribution in [0.1, 0.15) is 25.3 Å². The molecule has 0 radical (unpaired) electrons. The SMILES string of the molecule is CCOc1ccccc1/C=C1\SC(=S)N(CCCC(=O)[O-])C1=O. The Labute approximate surface area is 144 Å². The summed E-state index contributed by atoms with van der Waals surface area (Å²) in [4.78, 5) is 24.8. The molecule has 0 bridgehead atoms. The first kappa shape index (κ1) is 17.5. The molecular weight excluding hydrogens is 334 g/mol. The first-order valence-corrected chi connectivity index (χ1v) is 8.42. The van der Waals surface area contributed by atoms with E-state index in [-0.39, 0.29) is 18.9 Å². The molecule has 0 spiro atoms. The topological polar surface area (TPSA) is 69.7 Å². The molecule has 5 nitrogen and oxygen atoms in total. The Morgan fingerprint density at radius 2 is 2.17 bits per heavy atom. The van der Waals surface area contributed by atoms with E-state index in [1.807, 2.05) is 31.2 Å². The highest BCUT2D eigenvalue weighted by Crippen LogP contribution is 2.34. The van der Waals surface area contributed by atoms with Crippen LogP contribution >= 0.6 is 24.0 Å². The van der Waals surface area contributed by atoms with Crippen LogP contribution in [0.2, 0.25) is 0 Å². The number of benzene rings is 1. The Balaban J connectivity index is 2.14. The third kappa shape index (κ3) is 4.56. The molecule has 0 atom stereocenters. The standard InChI is InChI=1S/C16H17NO4S2/c1-2-21-12-7-4-3-6-11(12)10-13-15(20)17(16(22)23-13)9-5-8-14(18)19/h3-4,6-7,10H,2,5,8-9H2,1H3,(H,18,19)/p-1/b13-10-. The van der Waals surface area contributed by atoms with E-state index in [1.165, 1.54) is 16.7 Å². The number of thiocarbonyl (C=S) groups is 1. The lowest BCUT2D eigenvalue weighted by atomic mass is 10.2. The number of carboxylic acid groups (broad SMARTS) is 1. The number of carbonyl (C=O) groups is 2. The Morgan fingerprint density at radius 1 is 1.43 bits per heavy atom. The molecule has 23 heavy (non-hydrogen) atoms. The monoisotopic (exact) mass is 350 g/mol. The number of aliphatic carboxylic acids is 1. The molecule has 1 aliphatic heterocycles. The van der Waals surface area contributed by atoms with Gasteiger partial charge in [0, 0.05) is 18.1 Å². The number of carboxylic acids is 1. The molecule has 1 aliphatic rings. The molecule has 122 valence electrons. The van der Waals surface area contributed by atoms with Gasteiger partial charge in [0.2, 0.25) is 0 Å². The number of hydrogen-bond donors (Lipinski definition) is 0. The van der Waals surface area contributed by atoms with Gasteiger partial charge in [0.05, 0.1) is 11.5 Å². The molecule has 7 heteroatoms. The van der Waals surface area contributed by atoms with Gasteiger partial charge < -0.3 is 14.6 Å². The number of carbonyl (C=O) groups excluding carboxylic acids is 2. The summed E-state index contributed by atoms with van der Waals surface area (Å²) < 4.78 is 5.98. The molecule has 1 aromatic carbocycles. The van der Waals surface area contributed by atoms with Crippen LogP contribution in [0.3, 0.4) is 0 Å². The third-order valence-electron chi connectivity index (χ3n) is 3.14. The van der Waals surface area contributed by atoms with Crippen molar-refractivity contribution >= 4 is 46.3 Å². The lowest BCUT2D eigenvalue weighted by molar-refractivity contribution is -0.305. The van der Waals surface area contributed by atoms with E-state index < -0.39 is 5.97 Å². The highest BCUT2D eigenvalue weighted by atomic mass is 32.2. The van der Waals surface area contributed by atoms with Crippen LogP contribution in [0.4, 0.5) is 0 Å². The summed E-state index contributed by atoms with van der Waals surface area (Å²) in [5, 5.41) is 10.5. The molecule has 0 unspecified atom stereocenters. The highest BCUT2D eigenvalue weighted by molar-refractivity contribution is 8.26. The summed E-state index contributed by atoms with van der Waals surface area (Å²) in [5.74, 6) is -0.626. The second-order valence-corrected chi connectivity index (χ2v) is 6.46. The second kappa shape index (κ2) is 8.12. The summed E-state index contributed by atoms with van der Waals surface area (Å²) in [5.41, 5.74) is 0.810. The van der Waals surface area contributed by atoms with E-state index in [1.54, 1.807) is 6.08 Å². The minimum atomic E-state index is -1.13. The van der Waals surface area contributed by atoms with Gasteiger partial charge in [-0.3, -0.25) is 9.69 Å². The van der Waals surface area contributed by atoms with Gasteiger partial charge >= 0.3 is 0 Å². The molecule has 2 rings (SSSR count). The summed E-state index contributed by atoms with van der Waals surface area (Å²) in [6, 6.07) is 7.45. The number of rotatable bonds is 7. The van der Waals surface area contributed by atoms with Crippen molar-refractivity contribution in [2.75, 3.05) is 13.2 Å². The third-order valence-corrected chi connectivity index (χ3v) is 4.52. The number of amides is 1. The predicted molar refractivity (Wildman–Crippen MR) is 91.7 cm³/mol. The smallest absolute Gasteiger partial charge is 0.266 e. The number of thioether (sulfide) groups is 1. The molecule has 0 aromatic heterocycles. The van der Waals surface area contributed by atoms with E-state index in [9.17, 15) is 14.7 Å². The zero-order valence-corrected chi connectivity index (χ0v) is 14.2. The maximum Gasteiger partial charge on any atom is 0.266 e. The first-order valence-electron chi connectivity index (χ1n) is 7.20. The van der Waals surface area contributed by atoms with Gasteiger partial charge in [0.15, 0.2) is 0 Å². The van der Waals surface area contributed by atoms with Gasteiger partial charge in [-0.2, -0.15) is 0 Å². The minimum absolute atomic E-state index is 0.0940. The van der Waals surface area contributed by atoms with E-state index in [2.05, 4.69) is 0 Å². The van der Waals surface area contributed by atoms with Crippen LogP contribution in [0.25, 0.3) is 6.08 Å². The second-order valence-electron chi connectivity index (χ2n) is 4.78. The number of para-hydroxylation sites is 1. The van der Waals surface area contributed by atoms with Crippen LogP contribution in [-0.4, -0.2) is 34.2 Å². The number of ether oxygens (including phenoxy) is 1. The fourth-order valence-electron chi connectivity index (χ4n) is 2.10. The Kier molecular flexibility index (Phi) is 6.18. The molecule has 1 heterocycles. The normalized spacial score (nSPS) is 16.2. The van der Waals surface area contributed by atoms with Crippen LogP contribution in [-0.2, 0) is 9.59 Å². The fourth-order valence-corrected chi connectivity index (χ4v) is 3.40. The average molecular weight is 350 g/mol. The van der Waals surface area contributed by atoms with Crippen LogP contribution in [0.5, 0.6) is 5.75 Å². The molecule has 0 saturated carbocycles. The van der Waals surface area contributed by atoms with Gasteiger partial charge in [-0.25, -0.2) is 0 Å². The van der Waals surface area contributed by atoms with E-state index in [0.29, 0.717) is 28.0 Å². The van der Waals surface area contributed by atoms with Crippen molar-refractivity contribution in [2.45, 2.75) is 19.8 Å². The Bertz CT molecular complexity index is 657. The van der Waals surface area contributed by atoms with Crippen molar-refractivity contribution in [1.82, 2.24) is 4.90 Å². The molecule has 1 fully saturated rings. The minimum Gasteiger partial charge on any atom is -0.550 e. The van der Waals surface area contributed by atoms with E-state index in [0.717, 1.165) is 5.56 Å². The summed E-state index contributed by atoms with van der Waals surface area (Å²) in [6.45, 7) is 2.71. The van der Waals surface area contributed by atoms with Crippen LogP contribution in [0, 0.1) is 0 Å². The van der Waals surface area contributed by atoms with Gasteiger partial charge in [-0.15, -0.1) is 0 Å². The Hall–Kier alpha value is -1.86. The maximum absolute atomic E-state index is 12.4. The van der Waals surface area contributed by atoms with Crippen LogP contribution < -0.4 is 9.84 Å². The van der Waals surface area contributed by atoms with Gasteiger partial charge in [0.1, 0.15) is 10.1 Å². The summed E-state index contributed by atoms with van der Waals surface area (Å²) in [7, 11) is 0. The Morgan fingerprint density at radius 3 is 2.87 bits per heavy atom. The number of nitrogens with zero attached hydrogens (tertiary/aromatic N) is 1. The van der Waals surface area contributed by atoms with Gasteiger partial charge in [-0.1, -0.05) is 42.2 Å². The molecular formula is C16H16NO4S2-. The van der Waals surface area contributed by atoms with Crippen molar-refractivity contribution < 1.29 is 19.4 Å². The summed E-state index contributed by atoms with van der Waals surface area (Å²) in [6.07, 6.45) is 1.98. The zero-order chi connectivity index (χ0) is 16.8. The lowest BCUT2D eigenvalue weighted by Gasteiger charge is -2.14. The average Bonchev–Trinajstić information content (AvgIpc) is 2.76. The molecule has 0 N–H and O–H groups in total. The molecule has 0 aliphatic carbocycles. The van der Waals surface area contributed by atoms with Crippen molar-refractivity contribution in [2.24, 2.45) is 0 Å². The van der Waals surface area contributed by atoms with Crippen molar-refractivity contribution in [3.8, 4) is 5.75 Å². The lowest BCUT2D eigenvalue weighted by Crippen LogP contribution is -2.30. The number of hydrogen-bond acceptors (Lipinski definition) is 6. The highest BCUT2D eigenvalue weighted by Gasteiger charge is 2.31. The quantitative estimate of drug-likeness (QED) is 0.552. The summed E-state index contributed by atoms with van der Waals surface area (Å²) >= 11 is 6.42. The molecule has 1 saturated heterocycles.